The van der Waals surface area contributed by atoms with Gasteiger partial charge in [0.25, 0.3) is 0 Å². The van der Waals surface area contributed by atoms with Gasteiger partial charge in [-0.25, -0.2) is 0 Å². The second-order valence-corrected chi connectivity index (χ2v) is 7.72. The number of ketones is 1. The first-order valence-corrected chi connectivity index (χ1v) is 9.05. The molecule has 7 heteroatoms. The van der Waals surface area contributed by atoms with Crippen LogP contribution in [0, 0.1) is 0 Å². The van der Waals surface area contributed by atoms with Crippen LogP contribution in [-0.4, -0.2) is 44.6 Å². The van der Waals surface area contributed by atoms with Gasteiger partial charge in [0.05, 0.1) is 22.0 Å². The molecule has 1 aliphatic rings. The number of Topliss-reactive ketones (excluding diaryl/α,β-unsaturated/α-hetero) is 1. The fraction of sp³-hybridized carbons (Fsp3) is 0.462. The Labute approximate surface area is 130 Å². The predicted molar refractivity (Wildman–Crippen MR) is 84.3 cm³/mol. The van der Waals surface area contributed by atoms with Gasteiger partial charge in [0.1, 0.15) is 0 Å². The van der Waals surface area contributed by atoms with E-state index in [1.807, 2.05) is 11.4 Å². The second kappa shape index (κ2) is 6.78. The van der Waals surface area contributed by atoms with Crippen molar-refractivity contribution in [2.24, 2.45) is 0 Å². The van der Waals surface area contributed by atoms with E-state index in [-0.39, 0.29) is 22.8 Å². The summed E-state index contributed by atoms with van der Waals surface area (Å²) in [5, 5.41) is 1.28. The first-order valence-electron chi connectivity index (χ1n) is 6.14. The largest absolute Gasteiger partial charge is 0.322 e. The number of hydrogen-bond acceptors (Lipinski definition) is 6. The van der Waals surface area contributed by atoms with Crippen LogP contribution in [0.4, 0.5) is 0 Å². The lowest BCUT2D eigenvalue weighted by Crippen LogP contribution is -2.44. The third-order valence-corrected chi connectivity index (χ3v) is 5.99. The lowest BCUT2D eigenvalue weighted by atomic mass is 10.2. The average molecular weight is 329 g/mol. The summed E-state index contributed by atoms with van der Waals surface area (Å²) in [4.78, 5) is 38.1. The predicted octanol–water partition coefficient (Wildman–Crippen LogP) is 2.50. The van der Waals surface area contributed by atoms with E-state index in [1.54, 1.807) is 29.7 Å². The van der Waals surface area contributed by atoms with E-state index in [0.29, 0.717) is 16.5 Å². The van der Waals surface area contributed by atoms with Crippen molar-refractivity contribution in [2.45, 2.75) is 25.1 Å². The topological polar surface area (TPSA) is 54.5 Å². The minimum atomic E-state index is -0.467. The van der Waals surface area contributed by atoms with E-state index >= 15 is 0 Å². The minimum absolute atomic E-state index is 0.00475. The molecule has 1 aromatic heterocycles. The van der Waals surface area contributed by atoms with Gasteiger partial charge in [-0.05, 0) is 25.3 Å². The Kier molecular flexibility index (Phi) is 5.29. The molecular weight excluding hydrogens is 314 g/mol. The number of hydrogen-bond donors (Lipinski definition) is 0. The number of carbonyl (C=O) groups excluding carboxylic acids is 3. The van der Waals surface area contributed by atoms with Gasteiger partial charge >= 0.3 is 0 Å². The lowest BCUT2D eigenvalue weighted by molar-refractivity contribution is -0.135. The highest BCUT2D eigenvalue weighted by Crippen LogP contribution is 2.27. The van der Waals surface area contributed by atoms with Crippen LogP contribution in [0.1, 0.15) is 23.5 Å². The standard InChI is InChI=1S/C13H15NO3S3/c1-8(15)10-6-18-7-14(10)12(16)9(2)20-13(17)11-4-3-5-19-11/h3-5,9-10H,6-7H2,1-2H3. The van der Waals surface area contributed by atoms with Crippen molar-refractivity contribution >= 4 is 51.7 Å². The molecular formula is C13H15NO3S3. The number of thiophene rings is 1. The van der Waals surface area contributed by atoms with Crippen molar-refractivity contribution in [2.75, 3.05) is 11.6 Å². The Morgan fingerprint density at radius 1 is 1.45 bits per heavy atom. The molecule has 108 valence electrons. The number of amides is 1. The Balaban J connectivity index is 1.98. The first kappa shape index (κ1) is 15.6. The summed E-state index contributed by atoms with van der Waals surface area (Å²) in [5.41, 5.74) is 0. The molecule has 1 aromatic rings. The number of thioether (sulfide) groups is 2. The Bertz CT molecular complexity index is 515. The molecule has 1 amide bonds. The van der Waals surface area contributed by atoms with Crippen LogP contribution in [0.25, 0.3) is 0 Å². The van der Waals surface area contributed by atoms with Gasteiger partial charge in [-0.2, -0.15) is 0 Å². The monoisotopic (exact) mass is 329 g/mol. The molecule has 0 N–H and O–H groups in total. The van der Waals surface area contributed by atoms with E-state index in [4.69, 9.17) is 0 Å². The van der Waals surface area contributed by atoms with Gasteiger partial charge in [0, 0.05) is 5.75 Å². The molecule has 0 saturated carbocycles. The zero-order valence-electron chi connectivity index (χ0n) is 11.2. The molecule has 4 nitrogen and oxygen atoms in total. The quantitative estimate of drug-likeness (QED) is 0.849. The molecule has 0 aromatic carbocycles. The Morgan fingerprint density at radius 3 is 2.80 bits per heavy atom. The molecule has 0 bridgehead atoms. The number of nitrogens with zero attached hydrogens (tertiary/aromatic N) is 1. The van der Waals surface area contributed by atoms with Crippen LogP contribution in [0.5, 0.6) is 0 Å². The van der Waals surface area contributed by atoms with Crippen LogP contribution in [0.3, 0.4) is 0 Å². The van der Waals surface area contributed by atoms with Gasteiger partial charge < -0.3 is 4.90 Å². The summed E-state index contributed by atoms with van der Waals surface area (Å²) in [7, 11) is 0. The third-order valence-electron chi connectivity index (χ3n) is 2.99. The van der Waals surface area contributed by atoms with Gasteiger partial charge in [0.2, 0.25) is 11.0 Å². The average Bonchev–Trinajstić information content (AvgIpc) is 3.08. The molecule has 20 heavy (non-hydrogen) atoms. The van der Waals surface area contributed by atoms with E-state index in [2.05, 4.69) is 0 Å². The fourth-order valence-electron chi connectivity index (χ4n) is 1.89. The summed E-state index contributed by atoms with van der Waals surface area (Å²) in [6.07, 6.45) is 0. The first-order chi connectivity index (χ1) is 9.50. The number of carbonyl (C=O) groups is 3. The van der Waals surface area contributed by atoms with Crippen LogP contribution >= 0.6 is 34.9 Å². The van der Waals surface area contributed by atoms with Crippen molar-refractivity contribution < 1.29 is 14.4 Å². The van der Waals surface area contributed by atoms with E-state index in [1.165, 1.54) is 18.3 Å². The molecule has 0 radical (unpaired) electrons. The molecule has 2 heterocycles. The molecule has 0 spiro atoms. The highest BCUT2D eigenvalue weighted by Gasteiger charge is 2.35. The normalized spacial score (nSPS) is 19.9. The smallest absolute Gasteiger partial charge is 0.237 e. The van der Waals surface area contributed by atoms with Crippen molar-refractivity contribution in [3.05, 3.63) is 22.4 Å². The van der Waals surface area contributed by atoms with Crippen molar-refractivity contribution in [1.29, 1.82) is 0 Å². The number of rotatable bonds is 4. The molecule has 2 unspecified atom stereocenters. The maximum Gasteiger partial charge on any atom is 0.237 e. The minimum Gasteiger partial charge on any atom is -0.322 e. The highest BCUT2D eigenvalue weighted by atomic mass is 32.2. The highest BCUT2D eigenvalue weighted by molar-refractivity contribution is 8.15. The zero-order chi connectivity index (χ0) is 14.7. The maximum absolute atomic E-state index is 12.4. The summed E-state index contributed by atoms with van der Waals surface area (Å²) in [6, 6.07) is 3.22. The van der Waals surface area contributed by atoms with Gasteiger partial charge in [-0.1, -0.05) is 17.8 Å². The van der Waals surface area contributed by atoms with Crippen molar-refractivity contribution in [1.82, 2.24) is 4.90 Å². The van der Waals surface area contributed by atoms with E-state index < -0.39 is 5.25 Å². The molecule has 2 atom stereocenters. The van der Waals surface area contributed by atoms with Crippen LogP contribution in [0.2, 0.25) is 0 Å². The maximum atomic E-state index is 12.4. The van der Waals surface area contributed by atoms with Crippen LogP contribution in [-0.2, 0) is 9.59 Å². The molecule has 1 saturated heterocycles. The summed E-state index contributed by atoms with van der Waals surface area (Å²) < 4.78 is 0. The van der Waals surface area contributed by atoms with Crippen LogP contribution in [0.15, 0.2) is 17.5 Å². The van der Waals surface area contributed by atoms with Crippen molar-refractivity contribution in [3.8, 4) is 0 Å². The Morgan fingerprint density at radius 2 is 2.20 bits per heavy atom. The lowest BCUT2D eigenvalue weighted by Gasteiger charge is -2.24. The SMILES string of the molecule is CC(=O)C1CSCN1C(=O)C(C)SC(=O)c1cccs1. The van der Waals surface area contributed by atoms with Gasteiger partial charge in [-0.3, -0.25) is 14.4 Å². The fourth-order valence-corrected chi connectivity index (χ4v) is 4.73. The van der Waals surface area contributed by atoms with E-state index in [9.17, 15) is 14.4 Å². The molecule has 2 rings (SSSR count). The molecule has 1 aliphatic heterocycles. The summed E-state index contributed by atoms with van der Waals surface area (Å²) in [6.45, 7) is 3.23. The van der Waals surface area contributed by atoms with Gasteiger partial charge in [-0.15, -0.1) is 23.1 Å². The molecule has 0 aliphatic carbocycles. The third kappa shape index (κ3) is 3.45. The van der Waals surface area contributed by atoms with Crippen LogP contribution < -0.4 is 0 Å². The van der Waals surface area contributed by atoms with E-state index in [0.717, 1.165) is 11.8 Å². The van der Waals surface area contributed by atoms with Gasteiger partial charge in [0.15, 0.2) is 5.78 Å². The summed E-state index contributed by atoms with van der Waals surface area (Å²) in [5.74, 6) is 1.05. The summed E-state index contributed by atoms with van der Waals surface area (Å²) >= 11 is 3.97. The Hall–Kier alpha value is -0.790. The second-order valence-electron chi connectivity index (χ2n) is 4.46. The zero-order valence-corrected chi connectivity index (χ0v) is 13.6. The molecule has 1 fully saturated rings. The van der Waals surface area contributed by atoms with Crippen molar-refractivity contribution in [3.63, 3.8) is 0 Å².